The molecule has 5 N–H and O–H groups in total. The molecule has 1 aliphatic heterocycles. The van der Waals surface area contributed by atoms with E-state index in [4.69, 9.17) is 29.0 Å². The Balaban J connectivity index is 1.29. The van der Waals surface area contributed by atoms with Crippen LogP contribution in [-0.2, 0) is 30.0 Å². The van der Waals surface area contributed by atoms with Crippen LogP contribution in [0.2, 0.25) is 0 Å². The van der Waals surface area contributed by atoms with Gasteiger partial charge in [0.2, 0.25) is 11.8 Å². The first-order valence-corrected chi connectivity index (χ1v) is 18.7. The van der Waals surface area contributed by atoms with E-state index in [1.807, 2.05) is 22.6 Å². The molecule has 1 saturated heterocycles. The van der Waals surface area contributed by atoms with Gasteiger partial charge in [-0.3, -0.25) is 18.9 Å². The number of carbonyl (C=O) groups is 1. The van der Waals surface area contributed by atoms with Crippen LogP contribution in [0.15, 0.2) is 54.7 Å². The van der Waals surface area contributed by atoms with Gasteiger partial charge in [0.1, 0.15) is 36.2 Å². The maximum absolute atomic E-state index is 14.7. The number of imidazole rings is 1. The van der Waals surface area contributed by atoms with Crippen molar-refractivity contribution in [1.82, 2.24) is 29.6 Å². The number of rotatable bonds is 13. The molecule has 6 rings (SSSR count). The molecular weight excluding hydrogens is 834 g/mol. The Morgan fingerprint density at radius 2 is 1.92 bits per heavy atom. The number of nitrogens with one attached hydrogen (secondary N) is 1. The highest BCUT2D eigenvalue weighted by Crippen LogP contribution is 2.49. The summed E-state index contributed by atoms with van der Waals surface area (Å²) >= 11 is 1.89. The van der Waals surface area contributed by atoms with E-state index in [1.54, 1.807) is 44.3 Å². The number of hydrogen-bond donors (Lipinski definition) is 4. The molecule has 6 atom stereocenters. The van der Waals surface area contributed by atoms with Gasteiger partial charge in [-0.2, -0.15) is 15.1 Å². The van der Waals surface area contributed by atoms with Crippen molar-refractivity contribution in [1.29, 1.82) is 0 Å². The third kappa shape index (κ3) is 7.78. The standard InChI is InChI=1S/C33H35F2IN7O9P/c1-16(2)24(29(45)49-14-17-8-5-10-19(34)23(17)35)42-53(47,52-21-12-6-11-20-18(21)9-7-13-38-20)50-15-22-26(44)33(3,46)30(51-22)43-27-25(39-31(43)36)28(48-4)41-32(37)40-27/h5-13,16,22,24,26,30,44,46H,14-15H2,1-4H3,(H,42,47)(H2,37,40,41)/t22-,24?,26-,30?,33-,53?/m1/s1. The minimum atomic E-state index is -4.65. The maximum atomic E-state index is 14.7. The van der Waals surface area contributed by atoms with E-state index in [9.17, 15) is 28.4 Å². The molecular formula is C33H35F2IN7O9P. The second-order valence-corrected chi connectivity index (χ2v) is 15.3. The lowest BCUT2D eigenvalue weighted by atomic mass is 9.96. The number of fused-ring (bicyclic) bond motifs is 2. The molecule has 0 aliphatic carbocycles. The van der Waals surface area contributed by atoms with Crippen molar-refractivity contribution >= 4 is 64.3 Å². The summed E-state index contributed by atoms with van der Waals surface area (Å²) < 4.78 is 73.2. The van der Waals surface area contributed by atoms with Crippen LogP contribution in [0.25, 0.3) is 22.1 Å². The predicted molar refractivity (Wildman–Crippen MR) is 193 cm³/mol. The average molecular weight is 870 g/mol. The molecule has 4 heterocycles. The van der Waals surface area contributed by atoms with Crippen LogP contribution in [0.1, 0.15) is 32.6 Å². The zero-order valence-electron chi connectivity index (χ0n) is 28.6. The SMILES string of the molecule is COc1nc(N)nc2c1nc(I)n2C1O[C@H](COP(=O)(NC(C(=O)OCc2cccc(F)c2F)C(C)C)Oc2cccc3ncccc23)[C@@H](O)[C@@]1(C)O. The summed E-state index contributed by atoms with van der Waals surface area (Å²) in [7, 11) is -3.27. The number of hydrogen-bond acceptors (Lipinski definition) is 14. The third-order valence-electron chi connectivity index (χ3n) is 8.52. The monoisotopic (exact) mass is 869 g/mol. The summed E-state index contributed by atoms with van der Waals surface area (Å²) in [6.07, 6.45) is -2.72. The van der Waals surface area contributed by atoms with Crippen molar-refractivity contribution < 1.29 is 51.6 Å². The Labute approximate surface area is 314 Å². The third-order valence-corrected chi connectivity index (χ3v) is 10.8. The normalized spacial score (nSPS) is 21.9. The number of ether oxygens (including phenoxy) is 3. The van der Waals surface area contributed by atoms with E-state index in [0.717, 1.165) is 6.07 Å². The number of aliphatic hydroxyl groups is 2. The number of pyridine rings is 1. The summed E-state index contributed by atoms with van der Waals surface area (Å²) in [6, 6.07) is 10.3. The number of carbonyl (C=O) groups excluding carboxylic acids is 1. The molecule has 20 heteroatoms. The van der Waals surface area contributed by atoms with Crippen LogP contribution in [0.4, 0.5) is 14.7 Å². The van der Waals surface area contributed by atoms with Gasteiger partial charge in [-0.1, -0.05) is 32.0 Å². The Hall–Kier alpha value is -4.11. The van der Waals surface area contributed by atoms with Crippen molar-refractivity contribution in [3.63, 3.8) is 0 Å². The number of nitrogens with zero attached hydrogens (tertiary/aromatic N) is 5. The number of nitrogen functional groups attached to an aromatic ring is 1. The summed E-state index contributed by atoms with van der Waals surface area (Å²) in [5.74, 6) is -3.84. The van der Waals surface area contributed by atoms with Gasteiger partial charge in [0.25, 0.3) is 0 Å². The fourth-order valence-electron chi connectivity index (χ4n) is 5.73. The van der Waals surface area contributed by atoms with Gasteiger partial charge >= 0.3 is 13.7 Å². The van der Waals surface area contributed by atoms with Crippen molar-refractivity contribution in [3.05, 3.63) is 75.8 Å². The molecule has 2 aromatic carbocycles. The van der Waals surface area contributed by atoms with E-state index in [-0.39, 0.29) is 38.1 Å². The minimum Gasteiger partial charge on any atom is -0.479 e. The predicted octanol–water partition coefficient (Wildman–Crippen LogP) is 4.42. The molecule has 0 amide bonds. The van der Waals surface area contributed by atoms with Crippen molar-refractivity contribution in [2.75, 3.05) is 19.5 Å². The highest BCUT2D eigenvalue weighted by Gasteiger charge is 2.55. The Kier molecular flexibility index (Phi) is 11.2. The van der Waals surface area contributed by atoms with Gasteiger partial charge in [0, 0.05) is 39.7 Å². The van der Waals surface area contributed by atoms with E-state index in [0.29, 0.717) is 10.9 Å². The van der Waals surface area contributed by atoms with Gasteiger partial charge in [-0.05, 0) is 43.2 Å². The minimum absolute atomic E-state index is 0.0764. The van der Waals surface area contributed by atoms with E-state index >= 15 is 0 Å². The number of aliphatic hydroxyl groups excluding tert-OH is 1. The number of nitrogens with two attached hydrogens (primary N) is 1. The van der Waals surface area contributed by atoms with Crippen LogP contribution < -0.4 is 20.1 Å². The summed E-state index contributed by atoms with van der Waals surface area (Å²) in [4.78, 5) is 30.4. The molecule has 3 aromatic heterocycles. The van der Waals surface area contributed by atoms with Gasteiger partial charge in [-0.25, -0.2) is 18.3 Å². The zero-order valence-corrected chi connectivity index (χ0v) is 31.7. The molecule has 282 valence electrons. The highest BCUT2D eigenvalue weighted by atomic mass is 127. The molecule has 0 spiro atoms. The van der Waals surface area contributed by atoms with Crippen molar-refractivity contribution in [3.8, 4) is 11.6 Å². The number of methoxy groups -OCH3 is 1. The second-order valence-electron chi connectivity index (χ2n) is 12.6. The fourth-order valence-corrected chi connectivity index (χ4v) is 8.14. The lowest BCUT2D eigenvalue weighted by molar-refractivity contribution is -0.148. The smallest absolute Gasteiger partial charge is 0.459 e. The van der Waals surface area contributed by atoms with Crippen LogP contribution in [-0.4, -0.2) is 78.3 Å². The summed E-state index contributed by atoms with van der Waals surface area (Å²) in [5, 5.41) is 26.0. The molecule has 0 bridgehead atoms. The number of anilines is 1. The Morgan fingerprint density at radius 1 is 1.17 bits per heavy atom. The fraction of sp³-hybridized carbons (Fsp3) is 0.364. The first-order chi connectivity index (χ1) is 25.1. The molecule has 0 saturated carbocycles. The van der Waals surface area contributed by atoms with Crippen LogP contribution >= 0.6 is 30.3 Å². The van der Waals surface area contributed by atoms with E-state index < -0.39 is 74.6 Å². The second kappa shape index (κ2) is 15.3. The molecule has 1 fully saturated rings. The van der Waals surface area contributed by atoms with Gasteiger partial charge < -0.3 is 34.7 Å². The van der Waals surface area contributed by atoms with Gasteiger partial charge in [0.15, 0.2) is 32.9 Å². The Morgan fingerprint density at radius 3 is 2.66 bits per heavy atom. The first-order valence-electron chi connectivity index (χ1n) is 16.1. The number of esters is 1. The van der Waals surface area contributed by atoms with E-state index in [1.165, 1.54) is 36.8 Å². The largest absolute Gasteiger partial charge is 0.479 e. The molecule has 0 radical (unpaired) electrons. The molecule has 1 aliphatic rings. The lowest BCUT2D eigenvalue weighted by Gasteiger charge is -2.28. The summed E-state index contributed by atoms with van der Waals surface area (Å²) in [6.45, 7) is 3.33. The van der Waals surface area contributed by atoms with Crippen LogP contribution in [0, 0.1) is 21.4 Å². The van der Waals surface area contributed by atoms with Crippen molar-refractivity contribution in [2.24, 2.45) is 5.92 Å². The summed E-state index contributed by atoms with van der Waals surface area (Å²) in [5.41, 5.74) is 4.57. The van der Waals surface area contributed by atoms with Crippen molar-refractivity contribution in [2.45, 2.75) is 57.5 Å². The maximum Gasteiger partial charge on any atom is 0.459 e. The first kappa shape index (κ1) is 38.6. The molecule has 5 aromatic rings. The lowest BCUT2D eigenvalue weighted by Crippen LogP contribution is -2.45. The molecule has 3 unspecified atom stereocenters. The van der Waals surface area contributed by atoms with Crippen LogP contribution in [0.5, 0.6) is 11.6 Å². The molecule has 53 heavy (non-hydrogen) atoms. The number of benzene rings is 2. The van der Waals surface area contributed by atoms with E-state index in [2.05, 4.69) is 25.0 Å². The average Bonchev–Trinajstić information content (AvgIpc) is 3.56. The number of halogens is 3. The number of aromatic nitrogens is 5. The Bertz CT molecular complexity index is 2210. The zero-order chi connectivity index (χ0) is 38.2. The van der Waals surface area contributed by atoms with Gasteiger partial charge in [0.05, 0.1) is 19.2 Å². The molecule has 16 nitrogen and oxygen atoms in total. The van der Waals surface area contributed by atoms with Crippen LogP contribution in [0.3, 0.4) is 0 Å². The highest BCUT2D eigenvalue weighted by molar-refractivity contribution is 14.1. The quantitative estimate of drug-likeness (QED) is 0.0558. The topological polar surface area (TPSA) is 215 Å². The van der Waals surface area contributed by atoms with Gasteiger partial charge in [-0.15, -0.1) is 0 Å².